The molecule has 11 heavy (non-hydrogen) atoms. The van der Waals surface area contributed by atoms with E-state index in [1.165, 1.54) is 12.1 Å². The fraction of sp³-hybridized carbons (Fsp3) is 0.143. The van der Waals surface area contributed by atoms with Crippen LogP contribution in [0.25, 0.3) is 0 Å². The lowest BCUT2D eigenvalue weighted by molar-refractivity contribution is 0.186. The van der Waals surface area contributed by atoms with E-state index in [0.717, 1.165) is 6.07 Å². The van der Waals surface area contributed by atoms with Crippen molar-refractivity contribution in [2.45, 2.75) is 6.23 Å². The predicted octanol–water partition coefficient (Wildman–Crippen LogP) is 1.43. The van der Waals surface area contributed by atoms with Crippen molar-refractivity contribution in [2.75, 3.05) is 0 Å². The van der Waals surface area contributed by atoms with Gasteiger partial charge in [0.25, 0.3) is 0 Å². The van der Waals surface area contributed by atoms with Crippen LogP contribution in [0.5, 0.6) is 0 Å². The summed E-state index contributed by atoms with van der Waals surface area (Å²) in [4.78, 5) is 0. The number of hydrogen-bond acceptors (Lipinski definition) is 2. The lowest BCUT2D eigenvalue weighted by atomic mass is 10.2. The second-order valence-electron chi connectivity index (χ2n) is 2.12. The third-order valence-corrected chi connectivity index (χ3v) is 1.57. The van der Waals surface area contributed by atoms with Gasteiger partial charge in [0.05, 0.1) is 5.02 Å². The summed E-state index contributed by atoms with van der Waals surface area (Å²) < 4.78 is 12.5. The molecule has 0 aliphatic rings. The highest BCUT2D eigenvalue weighted by Crippen LogP contribution is 2.18. The summed E-state index contributed by atoms with van der Waals surface area (Å²) in [6.07, 6.45) is -1.10. The molecule has 1 aromatic rings. The van der Waals surface area contributed by atoms with E-state index in [1.54, 1.807) is 0 Å². The normalized spacial score (nSPS) is 13.1. The van der Waals surface area contributed by atoms with Gasteiger partial charge in [0.1, 0.15) is 12.0 Å². The van der Waals surface area contributed by atoms with Crippen LogP contribution in [0.2, 0.25) is 5.02 Å². The molecule has 0 saturated heterocycles. The Balaban J connectivity index is 3.05. The Hall–Kier alpha value is -0.640. The maximum Gasteiger partial charge on any atom is 0.141 e. The fourth-order valence-electron chi connectivity index (χ4n) is 0.696. The molecule has 3 N–H and O–H groups in total. The first-order valence-corrected chi connectivity index (χ1v) is 3.37. The van der Waals surface area contributed by atoms with Crippen LogP contribution in [-0.2, 0) is 0 Å². The Labute approximate surface area is 68.4 Å². The van der Waals surface area contributed by atoms with E-state index in [4.69, 9.17) is 22.4 Å². The molecular formula is C7H7ClFNO. The number of rotatable bonds is 1. The molecule has 0 heterocycles. The molecule has 4 heteroatoms. The molecule has 0 aliphatic carbocycles. The lowest BCUT2D eigenvalue weighted by Gasteiger charge is -2.04. The Morgan fingerprint density at radius 1 is 1.55 bits per heavy atom. The molecule has 0 radical (unpaired) electrons. The summed E-state index contributed by atoms with van der Waals surface area (Å²) in [6.45, 7) is 0. The maximum absolute atomic E-state index is 12.5. The minimum Gasteiger partial charge on any atom is -0.375 e. The number of nitrogens with two attached hydrogens (primary N) is 1. The Kier molecular flexibility index (Phi) is 2.44. The van der Waals surface area contributed by atoms with E-state index in [-0.39, 0.29) is 5.02 Å². The fourth-order valence-corrected chi connectivity index (χ4v) is 0.885. The molecular weight excluding hydrogens is 169 g/mol. The van der Waals surface area contributed by atoms with Gasteiger partial charge in [-0.2, -0.15) is 0 Å². The van der Waals surface area contributed by atoms with Gasteiger partial charge in [-0.15, -0.1) is 0 Å². The molecule has 0 amide bonds. The summed E-state index contributed by atoms with van der Waals surface area (Å²) in [5.74, 6) is -0.518. The third-order valence-electron chi connectivity index (χ3n) is 1.29. The van der Waals surface area contributed by atoms with Gasteiger partial charge < -0.3 is 10.8 Å². The van der Waals surface area contributed by atoms with Gasteiger partial charge in [0.2, 0.25) is 0 Å². The van der Waals surface area contributed by atoms with Gasteiger partial charge in [-0.3, -0.25) is 0 Å². The van der Waals surface area contributed by atoms with Gasteiger partial charge in [0, 0.05) is 0 Å². The monoisotopic (exact) mass is 175 g/mol. The van der Waals surface area contributed by atoms with Crippen molar-refractivity contribution < 1.29 is 9.50 Å². The molecule has 60 valence electrons. The molecule has 1 rings (SSSR count). The third kappa shape index (κ3) is 1.89. The number of halogens is 2. The molecule has 0 spiro atoms. The van der Waals surface area contributed by atoms with E-state index >= 15 is 0 Å². The quantitative estimate of drug-likeness (QED) is 0.635. The largest absolute Gasteiger partial charge is 0.375 e. The summed E-state index contributed by atoms with van der Waals surface area (Å²) >= 11 is 5.42. The van der Waals surface area contributed by atoms with Gasteiger partial charge in [0.15, 0.2) is 0 Å². The van der Waals surface area contributed by atoms with Crippen LogP contribution in [0.1, 0.15) is 11.8 Å². The molecule has 2 nitrogen and oxygen atoms in total. The van der Waals surface area contributed by atoms with Crippen molar-refractivity contribution in [1.82, 2.24) is 0 Å². The summed E-state index contributed by atoms with van der Waals surface area (Å²) in [5.41, 5.74) is 5.51. The maximum atomic E-state index is 12.5. The Morgan fingerprint density at radius 3 is 2.64 bits per heavy atom. The average Bonchev–Trinajstić information content (AvgIpc) is 1.94. The van der Waals surface area contributed by atoms with E-state index in [9.17, 15) is 4.39 Å². The van der Waals surface area contributed by atoms with Gasteiger partial charge in [-0.1, -0.05) is 17.7 Å². The molecule has 0 fully saturated rings. The SMILES string of the molecule is NC(O)c1ccc(F)c(Cl)c1. The predicted molar refractivity (Wildman–Crippen MR) is 40.6 cm³/mol. The molecule has 0 aliphatic heterocycles. The Bertz CT molecular complexity index is 265. The minimum absolute atomic E-state index is 0.0352. The highest BCUT2D eigenvalue weighted by molar-refractivity contribution is 6.30. The first-order chi connectivity index (χ1) is 5.11. The van der Waals surface area contributed by atoms with Crippen molar-refractivity contribution in [2.24, 2.45) is 5.73 Å². The van der Waals surface area contributed by atoms with Crippen LogP contribution in [0, 0.1) is 5.82 Å². The standard InChI is InChI=1S/C7H7ClFNO/c8-5-3-4(7(10)11)1-2-6(5)9/h1-3,7,11H,10H2. The molecule has 1 aromatic carbocycles. The first kappa shape index (κ1) is 8.46. The number of benzene rings is 1. The highest BCUT2D eigenvalue weighted by Gasteiger charge is 2.04. The molecule has 0 aromatic heterocycles. The highest BCUT2D eigenvalue weighted by atomic mass is 35.5. The number of hydrogen-bond donors (Lipinski definition) is 2. The molecule has 0 bridgehead atoms. The van der Waals surface area contributed by atoms with E-state index in [2.05, 4.69) is 0 Å². The van der Waals surface area contributed by atoms with E-state index < -0.39 is 12.0 Å². The van der Waals surface area contributed by atoms with E-state index in [1.807, 2.05) is 0 Å². The van der Waals surface area contributed by atoms with Gasteiger partial charge in [-0.05, 0) is 17.7 Å². The second kappa shape index (κ2) is 3.17. The zero-order chi connectivity index (χ0) is 8.43. The van der Waals surface area contributed by atoms with Crippen LogP contribution >= 0.6 is 11.6 Å². The second-order valence-corrected chi connectivity index (χ2v) is 2.53. The topological polar surface area (TPSA) is 46.2 Å². The summed E-state index contributed by atoms with van der Waals surface area (Å²) in [6, 6.07) is 3.83. The lowest BCUT2D eigenvalue weighted by Crippen LogP contribution is -2.08. The first-order valence-electron chi connectivity index (χ1n) is 3.00. The van der Waals surface area contributed by atoms with E-state index in [0.29, 0.717) is 5.56 Å². The van der Waals surface area contributed by atoms with Crippen LogP contribution < -0.4 is 5.73 Å². The van der Waals surface area contributed by atoms with Gasteiger partial charge >= 0.3 is 0 Å². The zero-order valence-corrected chi connectivity index (χ0v) is 6.35. The average molecular weight is 176 g/mol. The summed E-state index contributed by atoms with van der Waals surface area (Å²) in [5, 5.41) is 8.80. The minimum atomic E-state index is -1.10. The van der Waals surface area contributed by atoms with Crippen LogP contribution in [0.4, 0.5) is 4.39 Å². The molecule has 0 saturated carbocycles. The van der Waals surface area contributed by atoms with Crippen LogP contribution in [0.15, 0.2) is 18.2 Å². The van der Waals surface area contributed by atoms with Crippen molar-refractivity contribution in [1.29, 1.82) is 0 Å². The smallest absolute Gasteiger partial charge is 0.141 e. The summed E-state index contributed by atoms with van der Waals surface area (Å²) in [7, 11) is 0. The molecule has 1 atom stereocenters. The Morgan fingerprint density at radius 2 is 2.18 bits per heavy atom. The number of aliphatic hydroxyl groups excluding tert-OH is 1. The van der Waals surface area contributed by atoms with Crippen molar-refractivity contribution in [3.63, 3.8) is 0 Å². The zero-order valence-electron chi connectivity index (χ0n) is 5.59. The van der Waals surface area contributed by atoms with Crippen molar-refractivity contribution in [3.8, 4) is 0 Å². The number of aliphatic hydroxyl groups is 1. The van der Waals surface area contributed by atoms with Crippen LogP contribution in [0.3, 0.4) is 0 Å². The van der Waals surface area contributed by atoms with Crippen molar-refractivity contribution in [3.05, 3.63) is 34.6 Å². The van der Waals surface area contributed by atoms with Crippen LogP contribution in [-0.4, -0.2) is 5.11 Å². The van der Waals surface area contributed by atoms with Gasteiger partial charge in [-0.25, -0.2) is 4.39 Å². The molecule has 1 unspecified atom stereocenters. The van der Waals surface area contributed by atoms with Crippen molar-refractivity contribution >= 4 is 11.6 Å².